The first kappa shape index (κ1) is 20.2. The third-order valence-electron chi connectivity index (χ3n) is 5.66. The molecule has 0 saturated heterocycles. The van der Waals surface area contributed by atoms with Crippen molar-refractivity contribution < 1.29 is 4.74 Å². The van der Waals surface area contributed by atoms with Crippen LogP contribution in [0.1, 0.15) is 55.9 Å². The van der Waals surface area contributed by atoms with Crippen molar-refractivity contribution in [3.8, 4) is 11.5 Å². The molecule has 3 rings (SSSR count). The van der Waals surface area contributed by atoms with Crippen LogP contribution in [-0.2, 0) is 18.3 Å². The Balaban J connectivity index is 1.60. The van der Waals surface area contributed by atoms with Crippen LogP contribution in [0, 0.1) is 6.92 Å². The molecule has 1 nitrogen and oxygen atoms in total. The van der Waals surface area contributed by atoms with Crippen LogP contribution in [0.5, 0.6) is 11.5 Å². The summed E-state index contributed by atoms with van der Waals surface area (Å²) in [6, 6.07) is 25.4. The summed E-state index contributed by atoms with van der Waals surface area (Å²) in [5, 5.41) is 0. The fourth-order valence-electron chi connectivity index (χ4n) is 3.74. The average molecular weight is 373 g/mol. The molecule has 0 amide bonds. The zero-order valence-electron chi connectivity index (χ0n) is 17.7. The molecule has 0 fully saturated rings. The van der Waals surface area contributed by atoms with Crippen molar-refractivity contribution in [2.24, 2.45) is 0 Å². The van der Waals surface area contributed by atoms with Gasteiger partial charge in [0.25, 0.3) is 0 Å². The summed E-state index contributed by atoms with van der Waals surface area (Å²) < 4.78 is 5.97. The van der Waals surface area contributed by atoms with Gasteiger partial charge < -0.3 is 4.74 Å². The van der Waals surface area contributed by atoms with Gasteiger partial charge in [0, 0.05) is 0 Å². The lowest BCUT2D eigenvalue weighted by Crippen LogP contribution is -2.17. The summed E-state index contributed by atoms with van der Waals surface area (Å²) >= 11 is 0. The average Bonchev–Trinajstić information content (AvgIpc) is 2.69. The lowest BCUT2D eigenvalue weighted by atomic mass is 9.78. The predicted molar refractivity (Wildman–Crippen MR) is 119 cm³/mol. The third kappa shape index (κ3) is 5.25. The van der Waals surface area contributed by atoms with Gasteiger partial charge in [0.1, 0.15) is 11.5 Å². The van der Waals surface area contributed by atoms with E-state index in [4.69, 9.17) is 4.74 Å². The maximum atomic E-state index is 5.97. The highest BCUT2D eigenvalue weighted by Gasteiger charge is 2.20. The first-order valence-electron chi connectivity index (χ1n) is 10.4. The van der Waals surface area contributed by atoms with Crippen LogP contribution in [0.2, 0.25) is 0 Å². The minimum atomic E-state index is 0.190. The zero-order valence-corrected chi connectivity index (χ0v) is 17.7. The number of benzene rings is 3. The Morgan fingerprint density at radius 3 is 2.32 bits per heavy atom. The molecule has 0 aliphatic rings. The van der Waals surface area contributed by atoms with Crippen LogP contribution in [0.15, 0.2) is 72.8 Å². The molecule has 0 aliphatic heterocycles. The lowest BCUT2D eigenvalue weighted by molar-refractivity contribution is 0.459. The molecule has 0 bridgehead atoms. The second-order valence-corrected chi connectivity index (χ2v) is 8.29. The van der Waals surface area contributed by atoms with E-state index in [1.165, 1.54) is 28.7 Å². The second-order valence-electron chi connectivity index (χ2n) is 8.29. The van der Waals surface area contributed by atoms with Gasteiger partial charge in [-0.3, -0.25) is 0 Å². The van der Waals surface area contributed by atoms with Crippen molar-refractivity contribution in [2.75, 3.05) is 0 Å². The third-order valence-corrected chi connectivity index (χ3v) is 5.66. The molecular weight excluding hydrogens is 340 g/mol. The highest BCUT2D eigenvalue weighted by atomic mass is 16.5. The van der Waals surface area contributed by atoms with Gasteiger partial charge in [-0.25, -0.2) is 0 Å². The van der Waals surface area contributed by atoms with Crippen molar-refractivity contribution in [1.82, 2.24) is 0 Å². The maximum Gasteiger partial charge on any atom is 0.127 e. The molecular formula is C27H32O. The minimum Gasteiger partial charge on any atom is -0.457 e. The molecule has 0 heterocycles. The molecule has 0 spiro atoms. The summed E-state index contributed by atoms with van der Waals surface area (Å²) in [6.45, 7) is 9.18. The summed E-state index contributed by atoms with van der Waals surface area (Å²) in [4.78, 5) is 0. The van der Waals surface area contributed by atoms with Crippen LogP contribution >= 0.6 is 0 Å². The van der Waals surface area contributed by atoms with E-state index in [0.717, 1.165) is 30.8 Å². The molecule has 0 N–H and O–H groups in total. The van der Waals surface area contributed by atoms with Gasteiger partial charge in [-0.15, -0.1) is 0 Å². The van der Waals surface area contributed by atoms with Gasteiger partial charge in [0.05, 0.1) is 0 Å². The lowest BCUT2D eigenvalue weighted by Gasteiger charge is -2.26. The molecule has 0 saturated carbocycles. The Morgan fingerprint density at radius 1 is 0.821 bits per heavy atom. The van der Waals surface area contributed by atoms with E-state index >= 15 is 0 Å². The van der Waals surface area contributed by atoms with Crippen LogP contribution in [0.3, 0.4) is 0 Å². The summed E-state index contributed by atoms with van der Waals surface area (Å²) in [6.07, 6.45) is 4.51. The van der Waals surface area contributed by atoms with Gasteiger partial charge in [0.2, 0.25) is 0 Å². The van der Waals surface area contributed by atoms with Gasteiger partial charge in [0.15, 0.2) is 0 Å². The Bertz CT molecular complexity index is 893. The van der Waals surface area contributed by atoms with Crippen LogP contribution in [0.25, 0.3) is 0 Å². The summed E-state index contributed by atoms with van der Waals surface area (Å²) in [7, 11) is 0. The van der Waals surface area contributed by atoms with E-state index in [0.29, 0.717) is 0 Å². The van der Waals surface area contributed by atoms with Crippen LogP contribution in [-0.4, -0.2) is 0 Å². The first-order valence-corrected chi connectivity index (χ1v) is 10.4. The van der Waals surface area contributed by atoms with Gasteiger partial charge in [-0.2, -0.15) is 0 Å². The molecule has 0 atom stereocenters. The Morgan fingerprint density at radius 2 is 1.57 bits per heavy atom. The smallest absolute Gasteiger partial charge is 0.127 e. The molecule has 0 aromatic heterocycles. The molecule has 3 aromatic rings. The fraction of sp³-hybridized carbons (Fsp3) is 0.333. The molecule has 3 aromatic carbocycles. The zero-order chi connectivity index (χ0) is 20.0. The number of hydrogen-bond donors (Lipinski definition) is 0. The number of rotatable bonds is 8. The SMILES string of the molecule is CCc1cc(C(C)(C)CCCc2cccc(Oc3ccccc3)c2)ccc1C. The van der Waals surface area contributed by atoms with E-state index in [1.807, 2.05) is 36.4 Å². The van der Waals surface area contributed by atoms with Gasteiger partial charge in [-0.1, -0.05) is 69.3 Å². The number of para-hydroxylation sites is 1. The predicted octanol–water partition coefficient (Wildman–Crippen LogP) is 7.65. The number of aryl methyl sites for hydroxylation is 3. The normalized spacial score (nSPS) is 11.4. The molecule has 1 heteroatoms. The van der Waals surface area contributed by atoms with Crippen molar-refractivity contribution in [1.29, 1.82) is 0 Å². The van der Waals surface area contributed by atoms with Crippen LogP contribution in [0.4, 0.5) is 0 Å². The molecule has 0 unspecified atom stereocenters. The van der Waals surface area contributed by atoms with Gasteiger partial charge in [-0.05, 0) is 84.5 Å². The summed E-state index contributed by atoms with van der Waals surface area (Å²) in [5.41, 5.74) is 5.85. The van der Waals surface area contributed by atoms with Crippen molar-refractivity contribution in [3.05, 3.63) is 95.1 Å². The second kappa shape index (κ2) is 9.10. The quantitative estimate of drug-likeness (QED) is 0.394. The standard InChI is InChI=1S/C27H32O/c1-5-23-20-24(17-16-21(23)2)27(3,4)18-10-12-22-11-9-15-26(19-22)28-25-13-7-6-8-14-25/h6-9,11,13-17,19-20H,5,10,12,18H2,1-4H3. The largest absolute Gasteiger partial charge is 0.457 e. The Labute approximate surface area is 170 Å². The fourth-order valence-corrected chi connectivity index (χ4v) is 3.74. The highest BCUT2D eigenvalue weighted by molar-refractivity contribution is 5.36. The van der Waals surface area contributed by atoms with E-state index in [2.05, 4.69) is 64.1 Å². The van der Waals surface area contributed by atoms with E-state index < -0.39 is 0 Å². The van der Waals surface area contributed by atoms with Crippen molar-refractivity contribution in [2.45, 2.75) is 58.8 Å². The highest BCUT2D eigenvalue weighted by Crippen LogP contribution is 2.31. The monoisotopic (exact) mass is 372 g/mol. The molecule has 0 radical (unpaired) electrons. The first-order chi connectivity index (χ1) is 13.5. The van der Waals surface area contributed by atoms with E-state index in [9.17, 15) is 0 Å². The van der Waals surface area contributed by atoms with E-state index in [1.54, 1.807) is 0 Å². The summed E-state index contributed by atoms with van der Waals surface area (Å²) in [5.74, 6) is 1.79. The Hall–Kier alpha value is -2.54. The molecule has 146 valence electrons. The number of ether oxygens (including phenoxy) is 1. The van der Waals surface area contributed by atoms with Crippen molar-refractivity contribution >= 4 is 0 Å². The molecule has 0 aliphatic carbocycles. The minimum absolute atomic E-state index is 0.190. The van der Waals surface area contributed by atoms with Crippen LogP contribution < -0.4 is 4.74 Å². The molecule has 28 heavy (non-hydrogen) atoms. The number of hydrogen-bond acceptors (Lipinski definition) is 1. The van der Waals surface area contributed by atoms with Gasteiger partial charge >= 0.3 is 0 Å². The topological polar surface area (TPSA) is 9.23 Å². The maximum absolute atomic E-state index is 5.97. The van der Waals surface area contributed by atoms with E-state index in [-0.39, 0.29) is 5.41 Å². The van der Waals surface area contributed by atoms with Crippen molar-refractivity contribution in [3.63, 3.8) is 0 Å². The Kier molecular flexibility index (Phi) is 6.57.